The summed E-state index contributed by atoms with van der Waals surface area (Å²) >= 11 is 1.68. The number of benzene rings is 2. The molecule has 6 nitrogen and oxygen atoms in total. The van der Waals surface area contributed by atoms with Crippen molar-refractivity contribution < 1.29 is 14.3 Å². The number of carbonyl (C=O) groups is 2. The molecule has 5 rings (SSSR count). The summed E-state index contributed by atoms with van der Waals surface area (Å²) in [6, 6.07) is 19.7. The lowest BCUT2D eigenvalue weighted by Crippen LogP contribution is -2.35. The van der Waals surface area contributed by atoms with Crippen molar-refractivity contribution >= 4 is 39.7 Å². The molecule has 1 aliphatic heterocycles. The van der Waals surface area contributed by atoms with Crippen molar-refractivity contribution in [3.63, 3.8) is 0 Å². The predicted octanol–water partition coefficient (Wildman–Crippen LogP) is 4.54. The van der Waals surface area contributed by atoms with E-state index in [1.165, 1.54) is 4.88 Å². The molecule has 1 fully saturated rings. The highest BCUT2D eigenvalue weighted by atomic mass is 32.1. The van der Waals surface area contributed by atoms with Gasteiger partial charge in [-0.3, -0.25) is 9.59 Å². The van der Waals surface area contributed by atoms with Crippen LogP contribution in [0.5, 0.6) is 5.75 Å². The van der Waals surface area contributed by atoms with Crippen molar-refractivity contribution in [1.29, 1.82) is 0 Å². The molecular weight excluding hydrogens is 434 g/mol. The fraction of sp³-hybridized carbons (Fsp3) is 0.231. The highest BCUT2D eigenvalue weighted by Crippen LogP contribution is 2.33. The lowest BCUT2D eigenvalue weighted by atomic mass is 9.96. The molecular formula is C26H25N3O3S. The number of anilines is 1. The van der Waals surface area contributed by atoms with Gasteiger partial charge in [0.25, 0.3) is 0 Å². The average molecular weight is 460 g/mol. The Balaban J connectivity index is 1.31. The minimum Gasteiger partial charge on any atom is -0.497 e. The molecule has 2 aromatic carbocycles. The van der Waals surface area contributed by atoms with E-state index in [2.05, 4.69) is 33.9 Å². The van der Waals surface area contributed by atoms with Gasteiger partial charge in [-0.2, -0.15) is 0 Å². The molecule has 168 valence electrons. The molecule has 0 saturated carbocycles. The van der Waals surface area contributed by atoms with Gasteiger partial charge in [-0.25, -0.2) is 0 Å². The smallest absolute Gasteiger partial charge is 0.227 e. The summed E-state index contributed by atoms with van der Waals surface area (Å²) in [7, 11) is 1.60. The molecule has 0 radical (unpaired) electrons. The number of thiophene rings is 1. The van der Waals surface area contributed by atoms with Gasteiger partial charge in [0.1, 0.15) is 5.75 Å². The first-order valence-electron chi connectivity index (χ1n) is 11.0. The molecule has 0 spiro atoms. The topological polar surface area (TPSA) is 74.4 Å². The molecule has 4 aromatic rings. The number of nitrogens with one attached hydrogen (secondary N) is 2. The number of rotatable bonds is 7. The Kier molecular flexibility index (Phi) is 5.88. The summed E-state index contributed by atoms with van der Waals surface area (Å²) in [5.74, 6) is 0.211. The predicted molar refractivity (Wildman–Crippen MR) is 131 cm³/mol. The molecule has 3 heterocycles. The van der Waals surface area contributed by atoms with Crippen LogP contribution in [0.15, 0.2) is 72.2 Å². The second-order valence-corrected chi connectivity index (χ2v) is 9.19. The van der Waals surface area contributed by atoms with E-state index in [4.69, 9.17) is 4.74 Å². The van der Waals surface area contributed by atoms with Gasteiger partial charge in [0.2, 0.25) is 11.8 Å². The van der Waals surface area contributed by atoms with Gasteiger partial charge in [0.15, 0.2) is 0 Å². The lowest BCUT2D eigenvalue weighted by molar-refractivity contribution is -0.126. The molecule has 33 heavy (non-hydrogen) atoms. The molecule has 2 atom stereocenters. The van der Waals surface area contributed by atoms with E-state index in [-0.39, 0.29) is 30.1 Å². The van der Waals surface area contributed by atoms with Crippen LogP contribution < -0.4 is 15.0 Å². The number of fused-ring (bicyclic) bond motifs is 1. The van der Waals surface area contributed by atoms with Gasteiger partial charge in [-0.15, -0.1) is 11.3 Å². The quantitative estimate of drug-likeness (QED) is 0.426. The van der Waals surface area contributed by atoms with Crippen molar-refractivity contribution in [3.8, 4) is 5.75 Å². The number of methoxy groups -OCH3 is 1. The van der Waals surface area contributed by atoms with Gasteiger partial charge in [0.05, 0.1) is 13.0 Å². The number of carbonyl (C=O) groups excluding carboxylic acids is 2. The standard InChI is InChI=1S/C26H25N3O3S/c1-32-19-7-4-6-18(13-19)29-16-17(12-25(29)30)26(31)28-15-22(24-10-5-11-33-24)21-14-27-23-9-3-2-8-20(21)23/h2-11,13-14,17,22,27H,12,15-16H2,1H3,(H,28,31)/t17-,22+/m0/s1. The maximum atomic E-state index is 13.1. The van der Waals surface area contributed by atoms with Crippen LogP contribution in [0.3, 0.4) is 0 Å². The van der Waals surface area contributed by atoms with Gasteiger partial charge < -0.3 is 19.9 Å². The molecule has 1 aliphatic rings. The van der Waals surface area contributed by atoms with Crippen molar-refractivity contribution in [2.24, 2.45) is 5.92 Å². The Morgan fingerprint density at radius 2 is 2.09 bits per heavy atom. The molecule has 2 aromatic heterocycles. The van der Waals surface area contributed by atoms with Gasteiger partial charge in [0, 0.05) is 59.2 Å². The zero-order chi connectivity index (χ0) is 22.8. The van der Waals surface area contributed by atoms with Crippen LogP contribution >= 0.6 is 11.3 Å². The average Bonchev–Trinajstić information content (AvgIpc) is 3.60. The van der Waals surface area contributed by atoms with E-state index in [9.17, 15) is 9.59 Å². The number of amides is 2. The van der Waals surface area contributed by atoms with Crippen LogP contribution in [0.1, 0.15) is 22.8 Å². The lowest BCUT2D eigenvalue weighted by Gasteiger charge is -2.19. The first-order chi connectivity index (χ1) is 16.1. The van der Waals surface area contributed by atoms with Crippen molar-refractivity contribution in [3.05, 3.63) is 82.7 Å². The summed E-state index contributed by atoms with van der Waals surface area (Å²) in [5, 5.41) is 6.35. The van der Waals surface area contributed by atoms with Crippen LogP contribution in [0, 0.1) is 5.92 Å². The van der Waals surface area contributed by atoms with Crippen LogP contribution in [0.25, 0.3) is 10.9 Å². The SMILES string of the molecule is COc1cccc(N2C[C@@H](C(=O)NC[C@@H](c3cccs3)c3c[nH]c4ccccc34)CC2=O)c1. The number of nitrogens with zero attached hydrogens (tertiary/aromatic N) is 1. The third-order valence-electron chi connectivity index (χ3n) is 6.22. The summed E-state index contributed by atoms with van der Waals surface area (Å²) < 4.78 is 5.27. The van der Waals surface area contributed by atoms with Crippen molar-refractivity contribution in [2.45, 2.75) is 12.3 Å². The Labute approximate surface area is 196 Å². The largest absolute Gasteiger partial charge is 0.497 e. The number of aromatic amines is 1. The summed E-state index contributed by atoms with van der Waals surface area (Å²) in [4.78, 5) is 31.9. The molecule has 7 heteroatoms. The van der Waals surface area contributed by atoms with Crippen LogP contribution in [0.2, 0.25) is 0 Å². The summed E-state index contributed by atoms with van der Waals surface area (Å²) in [6.45, 7) is 0.847. The van der Waals surface area contributed by atoms with Gasteiger partial charge in [-0.05, 0) is 35.2 Å². The van der Waals surface area contributed by atoms with E-state index in [1.54, 1.807) is 23.3 Å². The fourth-order valence-corrected chi connectivity index (χ4v) is 5.34. The maximum Gasteiger partial charge on any atom is 0.227 e. The monoisotopic (exact) mass is 459 g/mol. The molecule has 2 amide bonds. The maximum absolute atomic E-state index is 13.1. The summed E-state index contributed by atoms with van der Waals surface area (Å²) in [6.07, 6.45) is 2.24. The zero-order valence-electron chi connectivity index (χ0n) is 18.3. The minimum atomic E-state index is -0.379. The Morgan fingerprint density at radius 1 is 1.21 bits per heavy atom. The summed E-state index contributed by atoms with van der Waals surface area (Å²) in [5.41, 5.74) is 2.99. The van der Waals surface area contributed by atoms with E-state index >= 15 is 0 Å². The van der Waals surface area contributed by atoms with Crippen LogP contribution in [-0.4, -0.2) is 37.0 Å². The minimum absolute atomic E-state index is 0.0386. The molecule has 0 aliphatic carbocycles. The second kappa shape index (κ2) is 9.11. The third-order valence-corrected chi connectivity index (χ3v) is 7.21. The van der Waals surface area contributed by atoms with Crippen LogP contribution in [0.4, 0.5) is 5.69 Å². The van der Waals surface area contributed by atoms with E-state index in [0.29, 0.717) is 18.8 Å². The first-order valence-corrected chi connectivity index (χ1v) is 11.8. The number of hydrogen-bond donors (Lipinski definition) is 2. The fourth-order valence-electron chi connectivity index (χ4n) is 4.49. The van der Waals surface area contributed by atoms with E-state index in [0.717, 1.165) is 22.2 Å². The number of para-hydroxylation sites is 1. The Bertz CT molecular complexity index is 1280. The number of hydrogen-bond acceptors (Lipinski definition) is 4. The third kappa shape index (κ3) is 4.24. The van der Waals surface area contributed by atoms with Gasteiger partial charge in [-0.1, -0.05) is 30.3 Å². The molecule has 1 saturated heterocycles. The van der Waals surface area contributed by atoms with Crippen molar-refractivity contribution in [1.82, 2.24) is 10.3 Å². The first kappa shape index (κ1) is 21.3. The number of ether oxygens (including phenoxy) is 1. The number of aromatic nitrogens is 1. The van der Waals surface area contributed by atoms with E-state index < -0.39 is 0 Å². The van der Waals surface area contributed by atoms with Gasteiger partial charge >= 0.3 is 0 Å². The highest BCUT2D eigenvalue weighted by molar-refractivity contribution is 7.10. The molecule has 0 bridgehead atoms. The molecule has 2 N–H and O–H groups in total. The molecule has 0 unspecified atom stereocenters. The Hall–Kier alpha value is -3.58. The van der Waals surface area contributed by atoms with Crippen LogP contribution in [-0.2, 0) is 9.59 Å². The van der Waals surface area contributed by atoms with E-state index in [1.807, 2.05) is 48.7 Å². The zero-order valence-corrected chi connectivity index (χ0v) is 19.1. The number of H-pyrrole nitrogens is 1. The second-order valence-electron chi connectivity index (χ2n) is 8.21. The highest BCUT2D eigenvalue weighted by Gasteiger charge is 2.35. The normalized spacial score (nSPS) is 16.8. The van der Waals surface area contributed by atoms with Crippen molar-refractivity contribution in [2.75, 3.05) is 25.1 Å². The Morgan fingerprint density at radius 3 is 2.91 bits per heavy atom.